The quantitative estimate of drug-likeness (QED) is 0.623. The fourth-order valence-electron chi connectivity index (χ4n) is 3.10. The van der Waals surface area contributed by atoms with Crippen LogP contribution in [0.3, 0.4) is 0 Å². The molecular formula is C24H29FN2O4. The van der Waals surface area contributed by atoms with E-state index in [0.717, 1.165) is 5.56 Å². The molecule has 0 aliphatic heterocycles. The van der Waals surface area contributed by atoms with Gasteiger partial charge in [-0.3, -0.25) is 9.59 Å². The van der Waals surface area contributed by atoms with Crippen LogP contribution in [0.25, 0.3) is 0 Å². The van der Waals surface area contributed by atoms with Crippen molar-refractivity contribution < 1.29 is 23.5 Å². The summed E-state index contributed by atoms with van der Waals surface area (Å²) in [5.41, 5.74) is 1.46. The first kappa shape index (κ1) is 24.1. The molecule has 31 heavy (non-hydrogen) atoms. The first-order valence-electron chi connectivity index (χ1n) is 10.2. The van der Waals surface area contributed by atoms with E-state index in [-0.39, 0.29) is 30.6 Å². The molecule has 2 aromatic rings. The van der Waals surface area contributed by atoms with Gasteiger partial charge in [0.05, 0.1) is 6.42 Å². The molecule has 0 fully saturated rings. The number of likely N-dealkylation sites (N-methyl/N-ethyl adjacent to an activating group) is 1. The van der Waals surface area contributed by atoms with Gasteiger partial charge in [-0.2, -0.15) is 0 Å². The molecule has 0 spiro atoms. The van der Waals surface area contributed by atoms with Crippen LogP contribution in [0, 0.1) is 11.7 Å². The Morgan fingerprint density at radius 1 is 1.00 bits per heavy atom. The normalized spacial score (nSPS) is 12.7. The Bertz CT molecular complexity index is 901. The van der Waals surface area contributed by atoms with Crippen molar-refractivity contribution in [1.29, 1.82) is 0 Å². The zero-order valence-corrected chi connectivity index (χ0v) is 18.3. The Hall–Kier alpha value is -3.22. The van der Waals surface area contributed by atoms with E-state index in [0.29, 0.717) is 5.56 Å². The van der Waals surface area contributed by atoms with Crippen molar-refractivity contribution in [2.45, 2.75) is 45.9 Å². The van der Waals surface area contributed by atoms with Crippen LogP contribution in [0.15, 0.2) is 54.6 Å². The van der Waals surface area contributed by atoms with Gasteiger partial charge in [-0.05, 0) is 36.1 Å². The molecule has 0 aliphatic rings. The minimum Gasteiger partial charge on any atom is -0.451 e. The second-order valence-corrected chi connectivity index (χ2v) is 7.85. The molecule has 0 radical (unpaired) electrons. The Balaban J connectivity index is 1.94. The molecule has 1 N–H and O–H groups in total. The highest BCUT2D eigenvalue weighted by atomic mass is 19.1. The molecule has 1 unspecified atom stereocenters. The van der Waals surface area contributed by atoms with Crippen molar-refractivity contribution >= 4 is 17.8 Å². The average Bonchev–Trinajstić information content (AvgIpc) is 2.71. The molecule has 2 rings (SSSR count). The number of esters is 1. The van der Waals surface area contributed by atoms with Crippen LogP contribution in [0.2, 0.25) is 0 Å². The Labute approximate surface area is 182 Å². The number of carbonyl (C=O) groups excluding carboxylic acids is 3. The third kappa shape index (κ3) is 7.51. The highest BCUT2D eigenvalue weighted by molar-refractivity contribution is 5.88. The van der Waals surface area contributed by atoms with Gasteiger partial charge in [-0.25, -0.2) is 9.18 Å². The summed E-state index contributed by atoms with van der Waals surface area (Å²) in [6.07, 6.45) is -0.902. The molecule has 0 bridgehead atoms. The number of hydrogen-bond acceptors (Lipinski definition) is 4. The predicted octanol–water partition coefficient (Wildman–Crippen LogP) is 3.10. The maximum atomic E-state index is 13.3. The number of amides is 2. The van der Waals surface area contributed by atoms with Crippen LogP contribution in [-0.4, -0.2) is 41.9 Å². The van der Waals surface area contributed by atoms with E-state index in [1.54, 1.807) is 33.0 Å². The lowest BCUT2D eigenvalue weighted by molar-refractivity contribution is -0.162. The standard InChI is InChI=1S/C24H29FN2O4/c1-16(2)22(26-21(28)14-18-9-6-5-7-10-18)24(30)31-17(3)23(29)27(4)15-19-11-8-12-20(25)13-19/h5-13,16-17,22H,14-15H2,1-4H3,(H,26,28)/t17?,22-/m0/s1. The predicted molar refractivity (Wildman–Crippen MR) is 115 cm³/mol. The minimum absolute atomic E-state index is 0.141. The van der Waals surface area contributed by atoms with Gasteiger partial charge in [0.25, 0.3) is 5.91 Å². The third-order valence-electron chi connectivity index (χ3n) is 4.77. The van der Waals surface area contributed by atoms with E-state index in [1.807, 2.05) is 30.3 Å². The number of rotatable bonds is 9. The topological polar surface area (TPSA) is 75.7 Å². The van der Waals surface area contributed by atoms with Crippen molar-refractivity contribution in [3.8, 4) is 0 Å². The number of hydrogen-bond donors (Lipinski definition) is 1. The van der Waals surface area contributed by atoms with Crippen LogP contribution in [0.5, 0.6) is 0 Å². The number of nitrogens with zero attached hydrogens (tertiary/aromatic N) is 1. The second-order valence-electron chi connectivity index (χ2n) is 7.85. The van der Waals surface area contributed by atoms with Crippen LogP contribution in [-0.2, 0) is 32.1 Å². The number of halogens is 1. The van der Waals surface area contributed by atoms with E-state index in [2.05, 4.69) is 5.32 Å². The van der Waals surface area contributed by atoms with Gasteiger partial charge in [0, 0.05) is 13.6 Å². The molecule has 7 heteroatoms. The molecule has 0 aliphatic carbocycles. The van der Waals surface area contributed by atoms with E-state index in [1.165, 1.54) is 24.0 Å². The van der Waals surface area contributed by atoms with Gasteiger partial charge in [-0.1, -0.05) is 56.3 Å². The molecule has 0 aromatic heterocycles. The maximum Gasteiger partial charge on any atom is 0.329 e. The Morgan fingerprint density at radius 2 is 1.65 bits per heavy atom. The Kier molecular flexibility index (Phi) is 8.73. The van der Waals surface area contributed by atoms with Crippen molar-refractivity contribution in [2.24, 2.45) is 5.92 Å². The first-order valence-corrected chi connectivity index (χ1v) is 10.2. The zero-order chi connectivity index (χ0) is 23.0. The van der Waals surface area contributed by atoms with Gasteiger partial charge in [0.1, 0.15) is 11.9 Å². The van der Waals surface area contributed by atoms with Crippen LogP contribution in [0.4, 0.5) is 4.39 Å². The molecule has 6 nitrogen and oxygen atoms in total. The lowest BCUT2D eigenvalue weighted by atomic mass is 10.0. The smallest absolute Gasteiger partial charge is 0.329 e. The highest BCUT2D eigenvalue weighted by Gasteiger charge is 2.30. The van der Waals surface area contributed by atoms with Crippen LogP contribution >= 0.6 is 0 Å². The minimum atomic E-state index is -1.04. The van der Waals surface area contributed by atoms with Gasteiger partial charge >= 0.3 is 5.97 Å². The zero-order valence-electron chi connectivity index (χ0n) is 18.3. The fourth-order valence-corrected chi connectivity index (χ4v) is 3.10. The van der Waals surface area contributed by atoms with Crippen molar-refractivity contribution in [3.05, 3.63) is 71.5 Å². The number of ether oxygens (including phenoxy) is 1. The number of benzene rings is 2. The summed E-state index contributed by atoms with van der Waals surface area (Å²) < 4.78 is 18.7. The van der Waals surface area contributed by atoms with E-state index in [9.17, 15) is 18.8 Å². The van der Waals surface area contributed by atoms with Crippen molar-refractivity contribution in [2.75, 3.05) is 7.05 Å². The van der Waals surface area contributed by atoms with Gasteiger partial charge in [-0.15, -0.1) is 0 Å². The highest BCUT2D eigenvalue weighted by Crippen LogP contribution is 2.11. The summed E-state index contributed by atoms with van der Waals surface area (Å²) in [5, 5.41) is 2.70. The lowest BCUT2D eigenvalue weighted by Gasteiger charge is -2.25. The summed E-state index contributed by atoms with van der Waals surface area (Å²) >= 11 is 0. The van der Waals surface area contributed by atoms with Gasteiger partial charge in [0.2, 0.25) is 5.91 Å². The van der Waals surface area contributed by atoms with Crippen molar-refractivity contribution in [1.82, 2.24) is 10.2 Å². The number of carbonyl (C=O) groups is 3. The molecule has 2 amide bonds. The van der Waals surface area contributed by atoms with Gasteiger partial charge < -0.3 is 15.0 Å². The average molecular weight is 429 g/mol. The monoisotopic (exact) mass is 428 g/mol. The molecule has 0 saturated heterocycles. The molecule has 2 atom stereocenters. The molecule has 0 saturated carbocycles. The molecule has 166 valence electrons. The summed E-state index contributed by atoms with van der Waals surface area (Å²) in [4.78, 5) is 39.0. The van der Waals surface area contributed by atoms with Crippen LogP contribution in [0.1, 0.15) is 31.9 Å². The third-order valence-corrected chi connectivity index (χ3v) is 4.77. The SMILES string of the molecule is CC(OC(=O)[C@@H](NC(=O)Cc1ccccc1)C(C)C)C(=O)N(C)Cc1cccc(F)c1. The fraction of sp³-hybridized carbons (Fsp3) is 0.375. The Morgan fingerprint density at radius 3 is 2.26 bits per heavy atom. The largest absolute Gasteiger partial charge is 0.451 e. The summed E-state index contributed by atoms with van der Waals surface area (Å²) in [6, 6.07) is 14.3. The van der Waals surface area contributed by atoms with Crippen molar-refractivity contribution in [3.63, 3.8) is 0 Å². The van der Waals surface area contributed by atoms with Crippen LogP contribution < -0.4 is 5.32 Å². The molecule has 0 heterocycles. The van der Waals surface area contributed by atoms with Gasteiger partial charge in [0.15, 0.2) is 6.10 Å². The van der Waals surface area contributed by atoms with E-state index < -0.39 is 24.0 Å². The van der Waals surface area contributed by atoms with E-state index in [4.69, 9.17) is 4.74 Å². The molecular weight excluding hydrogens is 399 g/mol. The molecule has 2 aromatic carbocycles. The lowest BCUT2D eigenvalue weighted by Crippen LogP contribution is -2.48. The maximum absolute atomic E-state index is 13.3. The first-order chi connectivity index (χ1) is 14.7. The second kappa shape index (κ2) is 11.2. The summed E-state index contributed by atoms with van der Waals surface area (Å²) in [7, 11) is 1.55. The van der Waals surface area contributed by atoms with E-state index >= 15 is 0 Å². The number of nitrogens with one attached hydrogen (secondary N) is 1. The summed E-state index contributed by atoms with van der Waals surface area (Å²) in [6.45, 7) is 5.24. The summed E-state index contributed by atoms with van der Waals surface area (Å²) in [5.74, 6) is -2.00.